The van der Waals surface area contributed by atoms with Crippen molar-refractivity contribution in [3.63, 3.8) is 0 Å². The largest absolute Gasteiger partial charge is 0.508 e. The molecule has 1 aliphatic carbocycles. The van der Waals surface area contributed by atoms with E-state index in [1.165, 1.54) is 19.1 Å². The number of benzene rings is 1. The summed E-state index contributed by atoms with van der Waals surface area (Å²) in [6.45, 7) is 1.41. The molecule has 1 saturated carbocycles. The van der Waals surface area contributed by atoms with Gasteiger partial charge in [0.05, 0.1) is 5.56 Å². The van der Waals surface area contributed by atoms with Crippen LogP contribution in [0.2, 0.25) is 0 Å². The Hall–Kier alpha value is -1.51. The van der Waals surface area contributed by atoms with E-state index in [0.717, 1.165) is 12.8 Å². The van der Waals surface area contributed by atoms with Gasteiger partial charge in [-0.25, -0.2) is 0 Å². The summed E-state index contributed by atoms with van der Waals surface area (Å²) in [5.41, 5.74) is 0.836. The van der Waals surface area contributed by atoms with Gasteiger partial charge >= 0.3 is 0 Å². The van der Waals surface area contributed by atoms with Crippen LogP contribution in [0.25, 0.3) is 0 Å². The minimum absolute atomic E-state index is 0.0417. The first kappa shape index (κ1) is 9.06. The van der Waals surface area contributed by atoms with Crippen molar-refractivity contribution in [2.45, 2.75) is 25.7 Å². The topological polar surface area (TPSA) is 57.5 Å². The molecule has 3 heteroatoms. The Morgan fingerprint density at radius 2 is 2.00 bits per heavy atom. The number of ketones is 1. The molecule has 74 valence electrons. The van der Waals surface area contributed by atoms with E-state index < -0.39 is 0 Å². The van der Waals surface area contributed by atoms with Crippen molar-refractivity contribution in [3.05, 3.63) is 23.3 Å². The lowest BCUT2D eigenvalue weighted by atomic mass is 10.0. The van der Waals surface area contributed by atoms with Crippen molar-refractivity contribution in [2.24, 2.45) is 0 Å². The molecule has 0 heterocycles. The van der Waals surface area contributed by atoms with Crippen LogP contribution in [-0.2, 0) is 0 Å². The molecule has 2 rings (SSSR count). The standard InChI is InChI=1S/C11H12O3/c1-6(12)8-4-5-9(13)10(11(8)14)7-2-3-7/h4-5,7,13-14H,2-3H2,1H3. The molecule has 1 aliphatic rings. The van der Waals surface area contributed by atoms with Crippen LogP contribution in [0.1, 0.15) is 41.6 Å². The Labute approximate surface area is 82.0 Å². The average Bonchev–Trinajstić information content (AvgIpc) is 2.87. The van der Waals surface area contributed by atoms with Crippen molar-refractivity contribution in [3.8, 4) is 11.5 Å². The van der Waals surface area contributed by atoms with Gasteiger partial charge in [0.1, 0.15) is 11.5 Å². The summed E-state index contributed by atoms with van der Waals surface area (Å²) in [6.07, 6.45) is 1.95. The average molecular weight is 192 g/mol. The number of hydrogen-bond donors (Lipinski definition) is 2. The minimum Gasteiger partial charge on any atom is -0.508 e. The van der Waals surface area contributed by atoms with E-state index in [1.807, 2.05) is 0 Å². The monoisotopic (exact) mass is 192 g/mol. The van der Waals surface area contributed by atoms with Crippen molar-refractivity contribution in [1.29, 1.82) is 0 Å². The van der Waals surface area contributed by atoms with Crippen molar-refractivity contribution < 1.29 is 15.0 Å². The SMILES string of the molecule is CC(=O)c1ccc(O)c(C2CC2)c1O. The number of carbonyl (C=O) groups is 1. The molecule has 0 saturated heterocycles. The van der Waals surface area contributed by atoms with Crippen LogP contribution in [-0.4, -0.2) is 16.0 Å². The Bertz CT molecular complexity index is 392. The van der Waals surface area contributed by atoms with Gasteiger partial charge in [-0.2, -0.15) is 0 Å². The fraction of sp³-hybridized carbons (Fsp3) is 0.364. The van der Waals surface area contributed by atoms with Gasteiger partial charge in [-0.1, -0.05) is 0 Å². The van der Waals surface area contributed by atoms with Gasteiger partial charge in [0.2, 0.25) is 0 Å². The van der Waals surface area contributed by atoms with Crippen molar-refractivity contribution in [1.82, 2.24) is 0 Å². The summed E-state index contributed by atoms with van der Waals surface area (Å²) < 4.78 is 0. The summed E-state index contributed by atoms with van der Waals surface area (Å²) >= 11 is 0. The number of carbonyl (C=O) groups excluding carboxylic acids is 1. The molecule has 0 aromatic heterocycles. The molecule has 1 aromatic carbocycles. The number of Topliss-reactive ketones (excluding diaryl/α,β-unsaturated/α-hetero) is 1. The highest BCUT2D eigenvalue weighted by Crippen LogP contribution is 2.49. The number of phenols is 2. The second-order valence-corrected chi connectivity index (χ2v) is 3.72. The highest BCUT2D eigenvalue weighted by atomic mass is 16.3. The first-order chi connectivity index (χ1) is 6.61. The van der Waals surface area contributed by atoms with E-state index in [9.17, 15) is 15.0 Å². The quantitative estimate of drug-likeness (QED) is 0.706. The molecule has 1 fully saturated rings. The van der Waals surface area contributed by atoms with Gasteiger partial charge in [0.25, 0.3) is 0 Å². The smallest absolute Gasteiger partial charge is 0.163 e. The van der Waals surface area contributed by atoms with Crippen LogP contribution >= 0.6 is 0 Å². The molecular weight excluding hydrogens is 180 g/mol. The Morgan fingerprint density at radius 1 is 1.36 bits per heavy atom. The van der Waals surface area contributed by atoms with Gasteiger partial charge in [-0.05, 0) is 37.8 Å². The van der Waals surface area contributed by atoms with E-state index in [2.05, 4.69) is 0 Å². The lowest BCUT2D eigenvalue weighted by Crippen LogP contribution is -1.95. The van der Waals surface area contributed by atoms with E-state index in [0.29, 0.717) is 11.1 Å². The minimum atomic E-state index is -0.176. The molecule has 0 bridgehead atoms. The fourth-order valence-corrected chi connectivity index (χ4v) is 1.66. The fourth-order valence-electron chi connectivity index (χ4n) is 1.66. The van der Waals surface area contributed by atoms with E-state index in [1.54, 1.807) is 0 Å². The summed E-state index contributed by atoms with van der Waals surface area (Å²) in [6, 6.07) is 2.93. The van der Waals surface area contributed by atoms with Crippen molar-refractivity contribution in [2.75, 3.05) is 0 Å². The highest BCUT2D eigenvalue weighted by molar-refractivity contribution is 5.97. The summed E-state index contributed by atoms with van der Waals surface area (Å²) in [5, 5.41) is 19.3. The van der Waals surface area contributed by atoms with Gasteiger partial charge in [-0.15, -0.1) is 0 Å². The zero-order chi connectivity index (χ0) is 10.3. The van der Waals surface area contributed by atoms with Gasteiger partial charge in [-0.3, -0.25) is 4.79 Å². The number of hydrogen-bond acceptors (Lipinski definition) is 3. The number of phenolic OH excluding ortho intramolecular Hbond substituents is 2. The molecular formula is C11H12O3. The summed E-state index contributed by atoms with van der Waals surface area (Å²) in [4.78, 5) is 11.1. The van der Waals surface area contributed by atoms with Crippen LogP contribution in [0.4, 0.5) is 0 Å². The molecule has 0 aliphatic heterocycles. The Morgan fingerprint density at radius 3 is 2.50 bits per heavy atom. The van der Waals surface area contributed by atoms with Gasteiger partial charge in [0, 0.05) is 5.56 Å². The first-order valence-corrected chi connectivity index (χ1v) is 4.67. The third-order valence-electron chi connectivity index (χ3n) is 2.56. The second-order valence-electron chi connectivity index (χ2n) is 3.72. The lowest BCUT2D eigenvalue weighted by molar-refractivity contribution is 0.101. The number of rotatable bonds is 2. The summed E-state index contributed by atoms with van der Waals surface area (Å²) in [7, 11) is 0. The van der Waals surface area contributed by atoms with Crippen LogP contribution in [0.3, 0.4) is 0 Å². The van der Waals surface area contributed by atoms with Crippen LogP contribution in [0, 0.1) is 0 Å². The first-order valence-electron chi connectivity index (χ1n) is 4.67. The molecule has 14 heavy (non-hydrogen) atoms. The number of aromatic hydroxyl groups is 2. The van der Waals surface area contributed by atoms with E-state index in [4.69, 9.17) is 0 Å². The molecule has 0 unspecified atom stereocenters. The third-order valence-corrected chi connectivity index (χ3v) is 2.56. The summed E-state index contributed by atoms with van der Waals surface area (Å²) in [5.74, 6) is 0.105. The molecule has 0 atom stereocenters. The van der Waals surface area contributed by atoms with Crippen LogP contribution in [0.15, 0.2) is 12.1 Å². The van der Waals surface area contributed by atoms with Crippen LogP contribution < -0.4 is 0 Å². The van der Waals surface area contributed by atoms with Crippen LogP contribution in [0.5, 0.6) is 11.5 Å². The maximum absolute atomic E-state index is 11.1. The highest BCUT2D eigenvalue weighted by Gasteiger charge is 2.30. The second kappa shape index (κ2) is 3.01. The van der Waals surface area contributed by atoms with Gasteiger partial charge in [0.15, 0.2) is 5.78 Å². The molecule has 0 amide bonds. The molecule has 0 radical (unpaired) electrons. The predicted octanol–water partition coefficient (Wildman–Crippen LogP) is 2.18. The zero-order valence-electron chi connectivity index (χ0n) is 7.95. The van der Waals surface area contributed by atoms with Gasteiger partial charge < -0.3 is 10.2 Å². The molecule has 1 aromatic rings. The molecule has 0 spiro atoms. The molecule has 2 N–H and O–H groups in total. The molecule has 3 nitrogen and oxygen atoms in total. The normalized spacial score (nSPS) is 15.5. The lowest BCUT2D eigenvalue weighted by Gasteiger charge is -2.08. The van der Waals surface area contributed by atoms with E-state index in [-0.39, 0.29) is 23.2 Å². The maximum atomic E-state index is 11.1. The van der Waals surface area contributed by atoms with E-state index >= 15 is 0 Å². The Kier molecular flexibility index (Phi) is 1.95. The van der Waals surface area contributed by atoms with Crippen molar-refractivity contribution >= 4 is 5.78 Å². The maximum Gasteiger partial charge on any atom is 0.163 e. The predicted molar refractivity (Wildman–Crippen MR) is 51.8 cm³/mol. The Balaban J connectivity index is 2.56. The third kappa shape index (κ3) is 1.35. The zero-order valence-corrected chi connectivity index (χ0v) is 7.95.